The molecule has 0 amide bonds. The fourth-order valence-electron chi connectivity index (χ4n) is 5.02. The van der Waals surface area contributed by atoms with Crippen molar-refractivity contribution in [1.29, 1.82) is 0 Å². The van der Waals surface area contributed by atoms with Crippen molar-refractivity contribution >= 4 is 10.9 Å². The van der Waals surface area contributed by atoms with Crippen LogP contribution < -0.4 is 5.56 Å². The van der Waals surface area contributed by atoms with Gasteiger partial charge in [0.2, 0.25) is 0 Å². The molecule has 1 aromatic carbocycles. The molecular formula is C22H28N6O2. The Hall–Kier alpha value is -2.58. The number of aryl methyl sites for hydroxylation is 2. The summed E-state index contributed by atoms with van der Waals surface area (Å²) >= 11 is 0. The van der Waals surface area contributed by atoms with Crippen molar-refractivity contribution in [3.63, 3.8) is 0 Å². The van der Waals surface area contributed by atoms with E-state index >= 15 is 0 Å². The third kappa shape index (κ3) is 3.44. The summed E-state index contributed by atoms with van der Waals surface area (Å²) in [5, 5.41) is 13.9. The lowest BCUT2D eigenvalue weighted by molar-refractivity contribution is 0.0211. The Kier molecular flexibility index (Phi) is 5.12. The van der Waals surface area contributed by atoms with Crippen molar-refractivity contribution in [2.45, 2.75) is 51.6 Å². The Bertz CT molecular complexity index is 1110. The van der Waals surface area contributed by atoms with E-state index in [1.165, 1.54) is 12.8 Å². The van der Waals surface area contributed by atoms with Crippen LogP contribution in [0.25, 0.3) is 10.9 Å². The molecule has 3 heterocycles. The molecule has 30 heavy (non-hydrogen) atoms. The van der Waals surface area contributed by atoms with Crippen molar-refractivity contribution in [2.75, 3.05) is 26.3 Å². The highest BCUT2D eigenvalue weighted by molar-refractivity contribution is 5.83. The number of tetrazole rings is 1. The number of pyridine rings is 1. The van der Waals surface area contributed by atoms with Gasteiger partial charge in [-0.3, -0.25) is 9.69 Å². The number of benzene rings is 1. The number of H-pyrrole nitrogens is 1. The van der Waals surface area contributed by atoms with E-state index in [-0.39, 0.29) is 11.6 Å². The van der Waals surface area contributed by atoms with E-state index in [2.05, 4.69) is 38.4 Å². The molecule has 1 aliphatic carbocycles. The molecule has 0 spiro atoms. The molecule has 1 saturated carbocycles. The Balaban J connectivity index is 1.67. The summed E-state index contributed by atoms with van der Waals surface area (Å²) in [4.78, 5) is 18.7. The predicted octanol–water partition coefficient (Wildman–Crippen LogP) is 2.67. The maximum absolute atomic E-state index is 13.3. The molecule has 1 aliphatic heterocycles. The summed E-state index contributed by atoms with van der Waals surface area (Å²) in [7, 11) is 0. The summed E-state index contributed by atoms with van der Waals surface area (Å²) in [5.74, 6) is 0.762. The number of rotatable bonds is 4. The molecule has 8 heteroatoms. The smallest absolute Gasteiger partial charge is 0.253 e. The van der Waals surface area contributed by atoms with Gasteiger partial charge in [-0.15, -0.1) is 5.10 Å². The highest BCUT2D eigenvalue weighted by Gasteiger charge is 2.33. The second kappa shape index (κ2) is 7.92. The van der Waals surface area contributed by atoms with Gasteiger partial charge in [0.1, 0.15) is 6.04 Å². The summed E-state index contributed by atoms with van der Waals surface area (Å²) in [6, 6.07) is 6.23. The zero-order valence-electron chi connectivity index (χ0n) is 17.6. The number of hydrogen-bond donors (Lipinski definition) is 1. The lowest BCUT2D eigenvalue weighted by Gasteiger charge is -2.34. The first-order chi connectivity index (χ1) is 14.6. The van der Waals surface area contributed by atoms with Crippen LogP contribution in [0.4, 0.5) is 0 Å². The van der Waals surface area contributed by atoms with Gasteiger partial charge < -0.3 is 9.72 Å². The molecule has 5 rings (SSSR count). The van der Waals surface area contributed by atoms with E-state index in [1.54, 1.807) is 0 Å². The third-order valence-electron chi connectivity index (χ3n) is 6.48. The van der Waals surface area contributed by atoms with E-state index in [4.69, 9.17) is 4.74 Å². The Morgan fingerprint density at radius 3 is 2.67 bits per heavy atom. The molecule has 3 aromatic rings. The first-order valence-corrected chi connectivity index (χ1v) is 10.9. The van der Waals surface area contributed by atoms with Crippen LogP contribution in [0.1, 0.15) is 60.3 Å². The lowest BCUT2D eigenvalue weighted by atomic mass is 9.99. The number of nitrogens with zero attached hydrogens (tertiary/aromatic N) is 5. The SMILES string of the molecule is Cc1cc(C)c2cc([C@@H](c3nnnn3C3CCCC3)N3CCOCC3)c(=O)[nH]c2c1. The van der Waals surface area contributed by atoms with E-state index < -0.39 is 0 Å². The lowest BCUT2D eigenvalue weighted by Crippen LogP contribution is -2.42. The number of morpholine rings is 1. The normalized spacial score (nSPS) is 19.5. The molecule has 2 fully saturated rings. The Labute approximate surface area is 175 Å². The fourth-order valence-corrected chi connectivity index (χ4v) is 5.02. The number of aromatic nitrogens is 5. The summed E-state index contributed by atoms with van der Waals surface area (Å²) < 4.78 is 7.55. The van der Waals surface area contributed by atoms with Crippen LogP contribution >= 0.6 is 0 Å². The van der Waals surface area contributed by atoms with Gasteiger partial charge in [0.25, 0.3) is 5.56 Å². The number of hydrogen-bond acceptors (Lipinski definition) is 6. The third-order valence-corrected chi connectivity index (χ3v) is 6.48. The van der Waals surface area contributed by atoms with Crippen LogP contribution in [0.3, 0.4) is 0 Å². The Morgan fingerprint density at radius 1 is 1.13 bits per heavy atom. The van der Waals surface area contributed by atoms with Crippen molar-refractivity contribution in [1.82, 2.24) is 30.1 Å². The van der Waals surface area contributed by atoms with Gasteiger partial charge in [-0.1, -0.05) is 18.9 Å². The molecule has 0 unspecified atom stereocenters. The van der Waals surface area contributed by atoms with Crippen LogP contribution in [0.5, 0.6) is 0 Å². The predicted molar refractivity (Wildman–Crippen MR) is 114 cm³/mol. The number of fused-ring (bicyclic) bond motifs is 1. The number of aromatic amines is 1. The van der Waals surface area contributed by atoms with Gasteiger partial charge in [0.15, 0.2) is 5.82 Å². The first kappa shape index (κ1) is 19.4. The standard InChI is InChI=1S/C22H28N6O2/c1-14-11-15(2)17-13-18(22(29)23-19(17)12-14)20(27-7-9-30-10-8-27)21-24-25-26-28(21)16-5-3-4-6-16/h11-13,16,20H,3-10H2,1-2H3,(H,23,29)/t20-/m0/s1. The van der Waals surface area contributed by atoms with Crippen molar-refractivity contribution in [2.24, 2.45) is 0 Å². The van der Waals surface area contributed by atoms with Crippen LogP contribution in [0.2, 0.25) is 0 Å². The molecule has 0 radical (unpaired) electrons. The molecular weight excluding hydrogens is 380 g/mol. The van der Waals surface area contributed by atoms with Crippen LogP contribution in [-0.4, -0.2) is 56.4 Å². The summed E-state index contributed by atoms with van der Waals surface area (Å²) in [5.41, 5.74) is 3.78. The number of nitrogens with one attached hydrogen (secondary N) is 1. The van der Waals surface area contributed by atoms with Gasteiger partial charge in [-0.05, 0) is 60.4 Å². The van der Waals surface area contributed by atoms with Gasteiger partial charge in [-0.2, -0.15) is 0 Å². The minimum atomic E-state index is -0.293. The molecule has 158 valence electrons. The van der Waals surface area contributed by atoms with Crippen molar-refractivity contribution in [3.8, 4) is 0 Å². The van der Waals surface area contributed by atoms with Gasteiger partial charge >= 0.3 is 0 Å². The van der Waals surface area contributed by atoms with E-state index in [9.17, 15) is 4.79 Å². The highest BCUT2D eigenvalue weighted by atomic mass is 16.5. The molecule has 0 bridgehead atoms. The van der Waals surface area contributed by atoms with Crippen LogP contribution in [0.15, 0.2) is 23.0 Å². The maximum Gasteiger partial charge on any atom is 0.253 e. The molecule has 1 N–H and O–H groups in total. The average molecular weight is 409 g/mol. The zero-order chi connectivity index (χ0) is 20.7. The van der Waals surface area contributed by atoms with Crippen molar-refractivity contribution in [3.05, 3.63) is 51.1 Å². The molecule has 1 saturated heterocycles. The Morgan fingerprint density at radius 2 is 1.90 bits per heavy atom. The highest BCUT2D eigenvalue weighted by Crippen LogP contribution is 2.34. The van der Waals surface area contributed by atoms with E-state index in [1.807, 2.05) is 23.7 Å². The zero-order valence-corrected chi connectivity index (χ0v) is 17.6. The van der Waals surface area contributed by atoms with E-state index in [0.717, 1.165) is 53.8 Å². The molecule has 1 atom stereocenters. The van der Waals surface area contributed by atoms with Gasteiger partial charge in [0.05, 0.1) is 19.3 Å². The topological polar surface area (TPSA) is 88.9 Å². The fraction of sp³-hybridized carbons (Fsp3) is 0.545. The minimum absolute atomic E-state index is 0.0787. The second-order valence-corrected chi connectivity index (χ2v) is 8.57. The van der Waals surface area contributed by atoms with Gasteiger partial charge in [0, 0.05) is 29.6 Å². The second-order valence-electron chi connectivity index (χ2n) is 8.57. The minimum Gasteiger partial charge on any atom is -0.379 e. The molecule has 2 aliphatic rings. The van der Waals surface area contributed by atoms with E-state index in [0.29, 0.717) is 24.8 Å². The summed E-state index contributed by atoms with van der Waals surface area (Å²) in [6.45, 7) is 6.91. The first-order valence-electron chi connectivity index (χ1n) is 10.9. The quantitative estimate of drug-likeness (QED) is 0.714. The summed E-state index contributed by atoms with van der Waals surface area (Å²) in [6.07, 6.45) is 4.56. The van der Waals surface area contributed by atoms with Crippen molar-refractivity contribution < 1.29 is 4.74 Å². The van der Waals surface area contributed by atoms with Crippen LogP contribution in [-0.2, 0) is 4.74 Å². The monoisotopic (exact) mass is 408 g/mol. The maximum atomic E-state index is 13.3. The van der Waals surface area contributed by atoms with Crippen LogP contribution in [0, 0.1) is 13.8 Å². The molecule has 2 aromatic heterocycles. The number of ether oxygens (including phenoxy) is 1. The molecule has 8 nitrogen and oxygen atoms in total. The largest absolute Gasteiger partial charge is 0.379 e. The average Bonchev–Trinajstić information content (AvgIpc) is 3.41. The van der Waals surface area contributed by atoms with Gasteiger partial charge in [-0.25, -0.2) is 4.68 Å².